The number of thioether (sulfide) groups is 1. The van der Waals surface area contributed by atoms with Crippen molar-refractivity contribution in [2.24, 2.45) is 0 Å². The van der Waals surface area contributed by atoms with E-state index in [4.69, 9.17) is 9.15 Å². The van der Waals surface area contributed by atoms with Crippen LogP contribution in [-0.2, 0) is 13.0 Å². The van der Waals surface area contributed by atoms with Gasteiger partial charge in [0.05, 0.1) is 26.6 Å². The van der Waals surface area contributed by atoms with E-state index in [2.05, 4.69) is 56.1 Å². The van der Waals surface area contributed by atoms with Gasteiger partial charge < -0.3 is 9.15 Å². The Kier molecular flexibility index (Phi) is 18.3. The van der Waals surface area contributed by atoms with Crippen LogP contribution in [0.25, 0.3) is 0 Å². The molecule has 0 atom stereocenters. The monoisotopic (exact) mass is 712 g/mol. The molecule has 9 heteroatoms. The second kappa shape index (κ2) is 23.1. The van der Waals surface area contributed by atoms with Crippen molar-refractivity contribution in [2.45, 2.75) is 166 Å². The van der Waals surface area contributed by atoms with Crippen molar-refractivity contribution < 1.29 is 13.6 Å². The van der Waals surface area contributed by atoms with E-state index in [1.165, 1.54) is 154 Å². The molecule has 0 spiro atoms. The predicted molar refractivity (Wildman–Crippen MR) is 207 cm³/mol. The summed E-state index contributed by atoms with van der Waals surface area (Å²) in [6, 6.07) is 8.92. The van der Waals surface area contributed by atoms with Gasteiger partial charge in [-0.05, 0) is 43.5 Å². The zero-order chi connectivity index (χ0) is 34.5. The number of nitrogens with zero attached hydrogens (tertiary/aromatic N) is 6. The van der Waals surface area contributed by atoms with Crippen LogP contribution >= 0.6 is 11.8 Å². The summed E-state index contributed by atoms with van der Waals surface area (Å²) in [4.78, 5) is 7.75. The number of benzene rings is 1. The molecule has 0 saturated carbocycles. The Labute approximate surface area is 309 Å². The Morgan fingerprint density at radius 1 is 0.620 bits per heavy atom. The molecule has 50 heavy (non-hydrogen) atoms. The SMILES string of the molecule is CCCCCCCCCCCCCCCCSc1nnc(CCCCCCCCCCOc2ccc(C[N+]34CN5CN(CN(C5)C3)C4)cc2)o1. The highest BCUT2D eigenvalue weighted by atomic mass is 32.2. The number of hydrogen-bond acceptors (Lipinski definition) is 8. The van der Waals surface area contributed by atoms with E-state index in [9.17, 15) is 0 Å². The highest BCUT2D eigenvalue weighted by Gasteiger charge is 2.48. The Morgan fingerprint density at radius 3 is 1.68 bits per heavy atom. The lowest BCUT2D eigenvalue weighted by molar-refractivity contribution is -0.991. The summed E-state index contributed by atoms with van der Waals surface area (Å²) in [6.45, 7) is 11.2. The number of unbranched alkanes of at least 4 members (excludes halogenated alkanes) is 20. The van der Waals surface area contributed by atoms with Gasteiger partial charge in [-0.3, -0.25) is 4.48 Å². The van der Waals surface area contributed by atoms with Crippen LogP contribution in [0, 0.1) is 0 Å². The first-order valence-corrected chi connectivity index (χ1v) is 21.9. The van der Waals surface area contributed by atoms with Gasteiger partial charge >= 0.3 is 0 Å². The van der Waals surface area contributed by atoms with E-state index in [0.29, 0.717) is 0 Å². The zero-order valence-electron chi connectivity index (χ0n) is 31.8. The molecule has 4 saturated heterocycles. The molecule has 2 aromatic rings. The molecule has 8 nitrogen and oxygen atoms in total. The van der Waals surface area contributed by atoms with Crippen molar-refractivity contribution >= 4 is 11.8 Å². The maximum atomic E-state index is 6.07. The van der Waals surface area contributed by atoms with Crippen LogP contribution < -0.4 is 4.74 Å². The van der Waals surface area contributed by atoms with Crippen LogP contribution in [-0.4, -0.2) is 81.8 Å². The molecule has 4 aliphatic rings. The van der Waals surface area contributed by atoms with Gasteiger partial charge in [-0.2, -0.15) is 0 Å². The van der Waals surface area contributed by atoms with E-state index in [0.717, 1.165) is 79.5 Å². The summed E-state index contributed by atoms with van der Waals surface area (Å²) in [7, 11) is 0. The maximum Gasteiger partial charge on any atom is 0.276 e. The standard InChI is InChI=1S/C41H71N6O2S/c1-2-3-4-5-6-7-8-9-10-11-14-17-20-23-30-50-41-43-42-40(49-41)24-21-18-15-12-13-16-19-22-29-48-39-27-25-38(26-28-39)31-47-35-44-32-45(36-47)34-46(33-44)37-47/h25-28H,2-24,29-37H2,1H3/q+1. The Morgan fingerprint density at radius 2 is 1.12 bits per heavy atom. The van der Waals surface area contributed by atoms with Crippen molar-refractivity contribution in [3.63, 3.8) is 0 Å². The fourth-order valence-electron chi connectivity index (χ4n) is 8.37. The van der Waals surface area contributed by atoms with E-state index >= 15 is 0 Å². The van der Waals surface area contributed by atoms with E-state index in [-0.39, 0.29) is 0 Å². The van der Waals surface area contributed by atoms with Crippen molar-refractivity contribution in [1.29, 1.82) is 0 Å². The van der Waals surface area contributed by atoms with E-state index in [1.54, 1.807) is 11.8 Å². The fraction of sp³-hybridized carbons (Fsp3) is 0.805. The predicted octanol–water partition coefficient (Wildman–Crippen LogP) is 10.4. The highest BCUT2D eigenvalue weighted by Crippen LogP contribution is 2.31. The second-order valence-electron chi connectivity index (χ2n) is 15.8. The van der Waals surface area contributed by atoms with E-state index in [1.807, 2.05) is 0 Å². The zero-order valence-corrected chi connectivity index (χ0v) is 32.7. The first-order chi connectivity index (χ1) is 24.7. The number of rotatable bonds is 30. The van der Waals surface area contributed by atoms with Crippen LogP contribution in [0.4, 0.5) is 0 Å². The smallest absolute Gasteiger partial charge is 0.276 e. The van der Waals surface area contributed by atoms with Gasteiger partial charge in [0.25, 0.3) is 5.22 Å². The molecular weight excluding hydrogens is 641 g/mol. The number of aryl methyl sites for hydroxylation is 1. The fourth-order valence-corrected chi connectivity index (χ4v) is 9.15. The molecule has 6 rings (SSSR count). The minimum atomic E-state index is 0.762. The molecule has 1 aromatic carbocycles. The molecule has 0 amide bonds. The van der Waals surface area contributed by atoms with Crippen molar-refractivity contribution in [3.05, 3.63) is 35.7 Å². The Balaban J connectivity index is 0.766. The number of ether oxygens (including phenoxy) is 1. The number of aromatic nitrogens is 2. The molecule has 282 valence electrons. The summed E-state index contributed by atoms with van der Waals surface area (Å²) in [5.41, 5.74) is 1.43. The van der Waals surface area contributed by atoms with Crippen LogP contribution in [0.1, 0.15) is 160 Å². The lowest BCUT2D eigenvalue weighted by atomic mass is 10.0. The molecule has 0 radical (unpaired) electrons. The Bertz CT molecular complexity index is 1120. The first kappa shape index (κ1) is 39.6. The third-order valence-electron chi connectivity index (χ3n) is 10.9. The van der Waals surface area contributed by atoms with Crippen molar-refractivity contribution in [2.75, 3.05) is 52.4 Å². The molecule has 4 aliphatic heterocycles. The van der Waals surface area contributed by atoms with Crippen LogP contribution in [0.15, 0.2) is 33.9 Å². The highest BCUT2D eigenvalue weighted by molar-refractivity contribution is 7.99. The van der Waals surface area contributed by atoms with Gasteiger partial charge in [-0.15, -0.1) is 10.2 Å². The summed E-state index contributed by atoms with van der Waals surface area (Å²) in [6.07, 6.45) is 30.6. The summed E-state index contributed by atoms with van der Waals surface area (Å²) >= 11 is 1.74. The summed E-state index contributed by atoms with van der Waals surface area (Å²) in [5.74, 6) is 2.93. The van der Waals surface area contributed by atoms with Crippen molar-refractivity contribution in [3.8, 4) is 5.75 Å². The molecule has 0 unspecified atom stereocenters. The summed E-state index contributed by atoms with van der Waals surface area (Å²) in [5, 5.41) is 9.32. The average Bonchev–Trinajstić information content (AvgIpc) is 3.56. The second-order valence-corrected chi connectivity index (χ2v) is 16.9. The number of hydrogen-bond donors (Lipinski definition) is 0. The molecule has 5 heterocycles. The molecule has 0 aliphatic carbocycles. The van der Waals surface area contributed by atoms with Crippen molar-refractivity contribution in [1.82, 2.24) is 24.9 Å². The number of quaternary nitrogens is 1. The minimum Gasteiger partial charge on any atom is -0.494 e. The molecule has 4 fully saturated rings. The third-order valence-corrected chi connectivity index (χ3v) is 11.8. The van der Waals surface area contributed by atoms with Crippen LogP contribution in [0.5, 0.6) is 5.75 Å². The normalized spacial score (nSPS) is 22.5. The quantitative estimate of drug-likeness (QED) is 0.0451. The molecule has 1 aromatic heterocycles. The van der Waals surface area contributed by atoms with Gasteiger partial charge in [-0.1, -0.05) is 141 Å². The van der Waals surface area contributed by atoms with Crippen LogP contribution in [0.3, 0.4) is 0 Å². The summed E-state index contributed by atoms with van der Waals surface area (Å²) < 4.78 is 13.1. The minimum absolute atomic E-state index is 0.762. The molecular formula is C41H71N6O2S+. The van der Waals surface area contributed by atoms with Gasteiger partial charge in [0.15, 0.2) is 0 Å². The third kappa shape index (κ3) is 14.8. The Hall–Kier alpha value is -1.65. The molecule has 0 N–H and O–H groups in total. The topological polar surface area (TPSA) is 57.9 Å². The van der Waals surface area contributed by atoms with Gasteiger partial charge in [0, 0.05) is 17.7 Å². The van der Waals surface area contributed by atoms with Gasteiger partial charge in [0.1, 0.15) is 32.3 Å². The average molecular weight is 712 g/mol. The lowest BCUT2D eigenvalue weighted by Gasteiger charge is -2.60. The van der Waals surface area contributed by atoms with Crippen LogP contribution in [0.2, 0.25) is 0 Å². The largest absolute Gasteiger partial charge is 0.494 e. The lowest BCUT2D eigenvalue weighted by Crippen LogP contribution is -2.78. The first-order valence-electron chi connectivity index (χ1n) is 20.9. The maximum absolute atomic E-state index is 6.07. The van der Waals surface area contributed by atoms with Gasteiger partial charge in [-0.25, -0.2) is 14.7 Å². The van der Waals surface area contributed by atoms with E-state index < -0.39 is 0 Å². The van der Waals surface area contributed by atoms with Gasteiger partial charge in [0.2, 0.25) is 5.89 Å². The molecule has 4 bridgehead atoms.